The van der Waals surface area contributed by atoms with Crippen LogP contribution in [0.5, 0.6) is 17.2 Å². The van der Waals surface area contributed by atoms with Gasteiger partial charge in [0.1, 0.15) is 10.7 Å². The number of thiophene rings is 1. The summed E-state index contributed by atoms with van der Waals surface area (Å²) in [4.78, 5) is 34.5. The first-order valence-corrected chi connectivity index (χ1v) is 12.6. The number of benzene rings is 2. The first-order valence-electron chi connectivity index (χ1n) is 11.8. The Morgan fingerprint density at radius 2 is 1.54 bits per heavy atom. The minimum absolute atomic E-state index is 0.171. The predicted molar refractivity (Wildman–Crippen MR) is 152 cm³/mol. The number of methoxy groups -OCH3 is 3. The van der Waals surface area contributed by atoms with Crippen LogP contribution in [0.3, 0.4) is 0 Å². The van der Waals surface area contributed by atoms with E-state index >= 15 is 0 Å². The number of nitrogens with one attached hydrogen (secondary N) is 4. The van der Waals surface area contributed by atoms with Crippen LogP contribution in [0.4, 0.5) is 28.8 Å². The maximum absolute atomic E-state index is 12.9. The van der Waals surface area contributed by atoms with Gasteiger partial charge in [-0.15, -0.1) is 11.3 Å². The van der Waals surface area contributed by atoms with Crippen LogP contribution in [0, 0.1) is 6.92 Å². The molecule has 11 nitrogen and oxygen atoms in total. The quantitative estimate of drug-likeness (QED) is 0.216. The van der Waals surface area contributed by atoms with Crippen molar-refractivity contribution in [1.82, 2.24) is 15.3 Å². The number of anilines is 5. The average molecular weight is 549 g/mol. The second-order valence-electron chi connectivity index (χ2n) is 8.16. The lowest BCUT2D eigenvalue weighted by Crippen LogP contribution is -2.17. The number of hydrogen-bond acceptors (Lipinski definition) is 10. The van der Waals surface area contributed by atoms with Crippen molar-refractivity contribution in [1.29, 1.82) is 0 Å². The number of nitrogens with zero attached hydrogens (tertiary/aromatic N) is 2. The molecule has 39 heavy (non-hydrogen) atoms. The van der Waals surface area contributed by atoms with Gasteiger partial charge in [-0.3, -0.25) is 9.59 Å². The van der Waals surface area contributed by atoms with Gasteiger partial charge in [-0.05, 0) is 54.8 Å². The van der Waals surface area contributed by atoms with E-state index in [0.29, 0.717) is 50.8 Å². The molecule has 0 bridgehead atoms. The van der Waals surface area contributed by atoms with E-state index in [9.17, 15) is 9.59 Å². The Morgan fingerprint density at radius 1 is 0.872 bits per heavy atom. The molecular formula is C27H28N6O5S. The first-order chi connectivity index (χ1) is 18.9. The van der Waals surface area contributed by atoms with Crippen LogP contribution in [0.1, 0.15) is 25.6 Å². The van der Waals surface area contributed by atoms with Gasteiger partial charge in [0.05, 0.1) is 27.0 Å². The third kappa shape index (κ3) is 6.18. The standard InChI is InChI=1S/C27H28N6O5S/c1-15-14-29-27(33-24(15)32-19-10-11-39-23(19)26(35)28-2)31-18-8-6-17(7-9-18)30-25(34)16-12-20(36-3)22(38-5)21(13-16)37-4/h6-14H,1-5H3,(H,28,35)(H,30,34)(H2,29,31,32,33). The van der Waals surface area contributed by atoms with E-state index < -0.39 is 0 Å². The van der Waals surface area contributed by atoms with E-state index in [1.807, 2.05) is 18.4 Å². The van der Waals surface area contributed by atoms with Crippen molar-refractivity contribution in [2.24, 2.45) is 0 Å². The van der Waals surface area contributed by atoms with Gasteiger partial charge in [-0.2, -0.15) is 4.98 Å². The van der Waals surface area contributed by atoms with E-state index in [0.717, 1.165) is 11.3 Å². The van der Waals surface area contributed by atoms with Gasteiger partial charge in [0.2, 0.25) is 11.7 Å². The van der Waals surface area contributed by atoms with Crippen LogP contribution in [0.25, 0.3) is 0 Å². The Hall–Kier alpha value is -4.84. The fourth-order valence-electron chi connectivity index (χ4n) is 3.63. The lowest BCUT2D eigenvalue weighted by molar-refractivity contribution is 0.0966. The third-order valence-corrected chi connectivity index (χ3v) is 6.56. The number of rotatable bonds is 10. The van der Waals surface area contributed by atoms with E-state index in [-0.39, 0.29) is 11.8 Å². The minimum atomic E-state index is -0.336. The van der Waals surface area contributed by atoms with Gasteiger partial charge >= 0.3 is 0 Å². The van der Waals surface area contributed by atoms with Crippen molar-refractivity contribution in [3.8, 4) is 17.2 Å². The maximum atomic E-state index is 12.9. The zero-order valence-electron chi connectivity index (χ0n) is 22.0. The predicted octanol–water partition coefficient (Wildman–Crippen LogP) is 4.97. The van der Waals surface area contributed by atoms with Crippen molar-refractivity contribution in [2.45, 2.75) is 6.92 Å². The second-order valence-corrected chi connectivity index (χ2v) is 9.08. The van der Waals surface area contributed by atoms with Gasteiger partial charge in [0, 0.05) is 35.7 Å². The average Bonchev–Trinajstić information content (AvgIpc) is 3.42. The second kappa shape index (κ2) is 12.1. The SMILES string of the molecule is CNC(=O)c1sccc1Nc1nc(Nc2ccc(NC(=O)c3cc(OC)c(OC)c(OC)c3)cc2)ncc1C. The summed E-state index contributed by atoms with van der Waals surface area (Å²) in [6.07, 6.45) is 1.69. The maximum Gasteiger partial charge on any atom is 0.263 e. The summed E-state index contributed by atoms with van der Waals surface area (Å²) in [7, 11) is 6.08. The summed E-state index contributed by atoms with van der Waals surface area (Å²) in [5, 5.41) is 13.7. The number of ether oxygens (including phenoxy) is 3. The molecule has 0 aliphatic heterocycles. The number of carbonyl (C=O) groups is 2. The van der Waals surface area contributed by atoms with Crippen LogP contribution in [-0.2, 0) is 0 Å². The van der Waals surface area contributed by atoms with Crippen LogP contribution in [-0.4, -0.2) is 50.2 Å². The minimum Gasteiger partial charge on any atom is -0.493 e. The molecule has 12 heteroatoms. The number of carbonyl (C=O) groups excluding carboxylic acids is 2. The molecule has 4 N–H and O–H groups in total. The summed E-state index contributed by atoms with van der Waals surface area (Å²) in [5.41, 5.74) is 3.14. The van der Waals surface area contributed by atoms with Crippen molar-refractivity contribution in [2.75, 3.05) is 44.3 Å². The molecule has 0 saturated carbocycles. The van der Waals surface area contributed by atoms with Gasteiger partial charge in [0.15, 0.2) is 11.5 Å². The largest absolute Gasteiger partial charge is 0.493 e. The van der Waals surface area contributed by atoms with Gasteiger partial charge in [-0.25, -0.2) is 4.98 Å². The summed E-state index contributed by atoms with van der Waals surface area (Å²) >= 11 is 1.34. The molecular weight excluding hydrogens is 520 g/mol. The Labute approximate surface area is 229 Å². The fourth-order valence-corrected chi connectivity index (χ4v) is 4.43. The zero-order valence-corrected chi connectivity index (χ0v) is 22.9. The van der Waals surface area contributed by atoms with Gasteiger partial charge in [-0.1, -0.05) is 0 Å². The molecule has 0 fully saturated rings. The van der Waals surface area contributed by atoms with E-state index in [2.05, 4.69) is 31.2 Å². The van der Waals surface area contributed by atoms with Crippen LogP contribution >= 0.6 is 11.3 Å². The Bertz CT molecular complexity index is 1460. The number of aryl methyl sites for hydroxylation is 1. The van der Waals surface area contributed by atoms with Crippen molar-refractivity contribution in [3.63, 3.8) is 0 Å². The van der Waals surface area contributed by atoms with Crippen molar-refractivity contribution in [3.05, 3.63) is 70.0 Å². The lowest BCUT2D eigenvalue weighted by atomic mass is 10.1. The number of aromatic nitrogens is 2. The fraction of sp³-hybridized carbons (Fsp3) is 0.185. The molecule has 0 aliphatic rings. The molecule has 0 spiro atoms. The zero-order chi connectivity index (χ0) is 27.9. The molecule has 0 aliphatic carbocycles. The van der Waals surface area contributed by atoms with Crippen LogP contribution in [0.2, 0.25) is 0 Å². The van der Waals surface area contributed by atoms with Gasteiger partial charge < -0.3 is 35.5 Å². The van der Waals surface area contributed by atoms with Crippen molar-refractivity contribution >= 4 is 52.0 Å². The highest BCUT2D eigenvalue weighted by Crippen LogP contribution is 2.38. The molecule has 2 aromatic carbocycles. The number of amides is 2. The first kappa shape index (κ1) is 27.2. The molecule has 0 unspecified atom stereocenters. The topological polar surface area (TPSA) is 136 Å². The van der Waals surface area contributed by atoms with Crippen molar-refractivity contribution < 1.29 is 23.8 Å². The molecule has 2 amide bonds. The molecule has 202 valence electrons. The molecule has 2 heterocycles. The highest BCUT2D eigenvalue weighted by molar-refractivity contribution is 7.12. The van der Waals surface area contributed by atoms with E-state index in [4.69, 9.17) is 14.2 Å². The Balaban J connectivity index is 1.46. The Kier molecular flexibility index (Phi) is 8.46. The summed E-state index contributed by atoms with van der Waals surface area (Å²) in [6, 6.07) is 12.1. The highest BCUT2D eigenvalue weighted by Gasteiger charge is 2.17. The normalized spacial score (nSPS) is 10.4. The molecule has 2 aromatic heterocycles. The molecule has 0 radical (unpaired) electrons. The summed E-state index contributed by atoms with van der Waals surface area (Å²) in [6.45, 7) is 1.88. The number of hydrogen-bond donors (Lipinski definition) is 4. The smallest absolute Gasteiger partial charge is 0.263 e. The lowest BCUT2D eigenvalue weighted by Gasteiger charge is -2.14. The molecule has 0 atom stereocenters. The molecule has 0 saturated heterocycles. The molecule has 4 rings (SSSR count). The van der Waals surface area contributed by atoms with E-state index in [1.54, 1.807) is 49.6 Å². The van der Waals surface area contributed by atoms with Gasteiger partial charge in [0.25, 0.3) is 11.8 Å². The monoisotopic (exact) mass is 548 g/mol. The highest BCUT2D eigenvalue weighted by atomic mass is 32.1. The van der Waals surface area contributed by atoms with Crippen LogP contribution in [0.15, 0.2) is 54.0 Å². The van der Waals surface area contributed by atoms with Crippen LogP contribution < -0.4 is 35.5 Å². The third-order valence-electron chi connectivity index (χ3n) is 5.65. The summed E-state index contributed by atoms with van der Waals surface area (Å²) in [5.74, 6) is 1.62. The van der Waals surface area contributed by atoms with E-state index in [1.165, 1.54) is 32.7 Å². The Morgan fingerprint density at radius 3 is 2.15 bits per heavy atom. The summed E-state index contributed by atoms with van der Waals surface area (Å²) < 4.78 is 16.0. The molecule has 4 aromatic rings.